The molecule has 0 aliphatic rings. The summed E-state index contributed by atoms with van der Waals surface area (Å²) in [6.45, 7) is 1.54. The molecule has 0 atom stereocenters. The van der Waals surface area contributed by atoms with E-state index in [9.17, 15) is 9.18 Å². The number of hydrogen-bond donors (Lipinski definition) is 2. The Hall–Kier alpha value is -1.80. The van der Waals surface area contributed by atoms with Crippen LogP contribution in [0, 0.1) is 5.82 Å². The Bertz CT molecular complexity index is 617. The van der Waals surface area contributed by atoms with Crippen molar-refractivity contribution in [2.75, 3.05) is 6.54 Å². The highest BCUT2D eigenvalue weighted by molar-refractivity contribution is 9.10. The topological polar surface area (TPSA) is 80.0 Å². The van der Waals surface area contributed by atoms with Crippen LogP contribution in [0.25, 0.3) is 0 Å². The molecular formula is C12H12BrFN4O2. The SMILES string of the molecule is O=C(O)c1cn(CCNCc2cc(F)ccc2Br)nn1. The molecule has 1 aromatic heterocycles. The Kier molecular flexibility index (Phi) is 4.80. The van der Waals surface area contributed by atoms with E-state index in [0.717, 1.165) is 10.0 Å². The van der Waals surface area contributed by atoms with Gasteiger partial charge in [-0.3, -0.25) is 4.68 Å². The van der Waals surface area contributed by atoms with E-state index in [4.69, 9.17) is 5.11 Å². The van der Waals surface area contributed by atoms with Gasteiger partial charge in [0.25, 0.3) is 0 Å². The fraction of sp³-hybridized carbons (Fsp3) is 0.250. The lowest BCUT2D eigenvalue weighted by Gasteiger charge is -2.07. The van der Waals surface area contributed by atoms with Crippen molar-refractivity contribution in [2.45, 2.75) is 13.1 Å². The van der Waals surface area contributed by atoms with Crippen LogP contribution in [0.3, 0.4) is 0 Å². The van der Waals surface area contributed by atoms with Gasteiger partial charge in [-0.2, -0.15) is 0 Å². The fourth-order valence-corrected chi connectivity index (χ4v) is 1.99. The first kappa shape index (κ1) is 14.6. The first-order valence-corrected chi connectivity index (χ1v) is 6.63. The van der Waals surface area contributed by atoms with Crippen molar-refractivity contribution >= 4 is 21.9 Å². The molecule has 0 unspecified atom stereocenters. The van der Waals surface area contributed by atoms with Crippen LogP contribution in [0.5, 0.6) is 0 Å². The van der Waals surface area contributed by atoms with Crippen LogP contribution in [-0.2, 0) is 13.1 Å². The number of aromatic nitrogens is 3. The summed E-state index contributed by atoms with van der Waals surface area (Å²) in [7, 11) is 0. The molecule has 6 nitrogen and oxygen atoms in total. The minimum atomic E-state index is -1.10. The Morgan fingerprint density at radius 2 is 2.30 bits per heavy atom. The molecule has 0 saturated heterocycles. The second kappa shape index (κ2) is 6.58. The van der Waals surface area contributed by atoms with E-state index < -0.39 is 5.97 Å². The Morgan fingerprint density at radius 1 is 1.50 bits per heavy atom. The number of carboxylic acids is 1. The van der Waals surface area contributed by atoms with Crippen molar-refractivity contribution in [3.8, 4) is 0 Å². The maximum atomic E-state index is 13.1. The molecule has 0 spiro atoms. The van der Waals surface area contributed by atoms with Gasteiger partial charge in [0, 0.05) is 17.6 Å². The molecule has 8 heteroatoms. The number of halogens is 2. The molecule has 0 aliphatic heterocycles. The zero-order chi connectivity index (χ0) is 14.5. The third-order valence-corrected chi connectivity index (χ3v) is 3.37. The van der Waals surface area contributed by atoms with Crippen molar-refractivity contribution in [2.24, 2.45) is 0 Å². The van der Waals surface area contributed by atoms with E-state index in [1.54, 1.807) is 6.07 Å². The highest BCUT2D eigenvalue weighted by Gasteiger charge is 2.07. The zero-order valence-corrected chi connectivity index (χ0v) is 12.0. The number of nitrogens with zero attached hydrogens (tertiary/aromatic N) is 3. The molecule has 1 heterocycles. The second-order valence-electron chi connectivity index (χ2n) is 4.08. The summed E-state index contributed by atoms with van der Waals surface area (Å²) in [4.78, 5) is 10.6. The van der Waals surface area contributed by atoms with Gasteiger partial charge >= 0.3 is 5.97 Å². The maximum Gasteiger partial charge on any atom is 0.358 e. The van der Waals surface area contributed by atoms with Crippen LogP contribution in [0.1, 0.15) is 16.1 Å². The van der Waals surface area contributed by atoms with Gasteiger partial charge < -0.3 is 10.4 Å². The van der Waals surface area contributed by atoms with Crippen molar-refractivity contribution < 1.29 is 14.3 Å². The molecule has 0 radical (unpaired) electrons. The molecule has 2 rings (SSSR count). The van der Waals surface area contributed by atoms with Crippen LogP contribution in [0.2, 0.25) is 0 Å². The molecule has 0 saturated carbocycles. The van der Waals surface area contributed by atoms with E-state index in [2.05, 4.69) is 31.6 Å². The van der Waals surface area contributed by atoms with E-state index in [1.807, 2.05) is 0 Å². The van der Waals surface area contributed by atoms with E-state index >= 15 is 0 Å². The molecule has 20 heavy (non-hydrogen) atoms. The van der Waals surface area contributed by atoms with Gasteiger partial charge in [0.2, 0.25) is 0 Å². The molecule has 0 bridgehead atoms. The van der Waals surface area contributed by atoms with Gasteiger partial charge in [-0.15, -0.1) is 5.10 Å². The Balaban J connectivity index is 1.81. The molecule has 0 fully saturated rings. The highest BCUT2D eigenvalue weighted by Crippen LogP contribution is 2.17. The molecule has 0 amide bonds. The maximum absolute atomic E-state index is 13.1. The quantitative estimate of drug-likeness (QED) is 0.780. The average molecular weight is 343 g/mol. The molecule has 106 valence electrons. The summed E-state index contributed by atoms with van der Waals surface area (Å²) < 4.78 is 15.3. The number of benzene rings is 1. The predicted octanol–water partition coefficient (Wildman–Crippen LogP) is 1.67. The summed E-state index contributed by atoms with van der Waals surface area (Å²) in [5.41, 5.74) is 0.729. The largest absolute Gasteiger partial charge is 0.476 e. The van der Waals surface area contributed by atoms with Gasteiger partial charge in [-0.05, 0) is 23.8 Å². The number of rotatable bonds is 6. The van der Waals surface area contributed by atoms with E-state index in [1.165, 1.54) is 23.0 Å². The van der Waals surface area contributed by atoms with Crippen LogP contribution in [-0.4, -0.2) is 32.6 Å². The Morgan fingerprint density at radius 3 is 3.00 bits per heavy atom. The monoisotopic (exact) mass is 342 g/mol. The minimum absolute atomic E-state index is 0.0853. The number of carboxylic acid groups (broad SMARTS) is 1. The lowest BCUT2D eigenvalue weighted by molar-refractivity contribution is 0.0690. The summed E-state index contributed by atoms with van der Waals surface area (Å²) in [6, 6.07) is 4.49. The van der Waals surface area contributed by atoms with Crippen LogP contribution < -0.4 is 5.32 Å². The highest BCUT2D eigenvalue weighted by atomic mass is 79.9. The average Bonchev–Trinajstić information content (AvgIpc) is 2.87. The van der Waals surface area contributed by atoms with E-state index in [-0.39, 0.29) is 11.5 Å². The van der Waals surface area contributed by atoms with Crippen LogP contribution >= 0.6 is 15.9 Å². The molecule has 0 aliphatic carbocycles. The van der Waals surface area contributed by atoms with Crippen molar-refractivity contribution in [3.63, 3.8) is 0 Å². The van der Waals surface area contributed by atoms with Gasteiger partial charge in [-0.25, -0.2) is 9.18 Å². The second-order valence-corrected chi connectivity index (χ2v) is 4.94. The molecule has 1 aromatic carbocycles. The smallest absolute Gasteiger partial charge is 0.358 e. The number of nitrogens with one attached hydrogen (secondary N) is 1. The van der Waals surface area contributed by atoms with Crippen LogP contribution in [0.4, 0.5) is 4.39 Å². The summed E-state index contributed by atoms with van der Waals surface area (Å²) in [5, 5.41) is 19.0. The number of carbonyl (C=O) groups is 1. The normalized spacial score (nSPS) is 10.7. The predicted molar refractivity (Wildman–Crippen MR) is 72.8 cm³/mol. The van der Waals surface area contributed by atoms with Crippen LogP contribution in [0.15, 0.2) is 28.9 Å². The Labute approximate surface area is 122 Å². The van der Waals surface area contributed by atoms with E-state index in [0.29, 0.717) is 19.6 Å². The molecule has 2 aromatic rings. The lowest BCUT2D eigenvalue weighted by Crippen LogP contribution is -2.20. The number of aromatic carboxylic acids is 1. The molecular weight excluding hydrogens is 331 g/mol. The third kappa shape index (κ3) is 3.84. The molecule has 2 N–H and O–H groups in total. The van der Waals surface area contributed by atoms with Gasteiger partial charge in [-0.1, -0.05) is 21.1 Å². The summed E-state index contributed by atoms with van der Waals surface area (Å²) in [6.07, 6.45) is 1.36. The third-order valence-electron chi connectivity index (χ3n) is 2.60. The van der Waals surface area contributed by atoms with Crippen molar-refractivity contribution in [1.82, 2.24) is 20.3 Å². The summed E-state index contributed by atoms with van der Waals surface area (Å²) >= 11 is 3.35. The van der Waals surface area contributed by atoms with Gasteiger partial charge in [0.15, 0.2) is 5.69 Å². The first-order chi connectivity index (χ1) is 9.56. The standard InChI is InChI=1S/C12H12BrFN4O2/c13-10-2-1-9(14)5-8(10)6-15-3-4-18-7-11(12(19)20)16-17-18/h1-2,5,7,15H,3-4,6H2,(H,19,20). The van der Waals surface area contributed by atoms with Crippen molar-refractivity contribution in [1.29, 1.82) is 0 Å². The zero-order valence-electron chi connectivity index (χ0n) is 10.4. The minimum Gasteiger partial charge on any atom is -0.476 e. The first-order valence-electron chi connectivity index (χ1n) is 5.84. The number of hydrogen-bond acceptors (Lipinski definition) is 4. The summed E-state index contributed by atoms with van der Waals surface area (Å²) in [5.74, 6) is -1.39. The van der Waals surface area contributed by atoms with Gasteiger partial charge in [0.05, 0.1) is 12.7 Å². The fourth-order valence-electron chi connectivity index (χ4n) is 1.60. The lowest BCUT2D eigenvalue weighted by atomic mass is 10.2. The van der Waals surface area contributed by atoms with Crippen molar-refractivity contribution in [3.05, 3.63) is 45.9 Å². The van der Waals surface area contributed by atoms with Gasteiger partial charge in [0.1, 0.15) is 5.82 Å².